The maximum absolute atomic E-state index is 13.0. The van der Waals surface area contributed by atoms with Crippen LogP contribution in [0.25, 0.3) is 11.0 Å². The van der Waals surface area contributed by atoms with Crippen LogP contribution < -0.4 is 9.64 Å². The number of methoxy groups -OCH3 is 1. The van der Waals surface area contributed by atoms with Crippen molar-refractivity contribution >= 4 is 22.6 Å². The Kier molecular flexibility index (Phi) is 5.63. The lowest BCUT2D eigenvalue weighted by Crippen LogP contribution is -2.24. The third-order valence-electron chi connectivity index (χ3n) is 6.53. The van der Waals surface area contributed by atoms with Gasteiger partial charge in [-0.05, 0) is 41.3 Å². The Morgan fingerprint density at radius 1 is 1.03 bits per heavy atom. The predicted molar refractivity (Wildman–Crippen MR) is 132 cm³/mol. The largest absolute Gasteiger partial charge is 0.497 e. The molecule has 1 atom stereocenters. The second kappa shape index (κ2) is 8.74. The fourth-order valence-electron chi connectivity index (χ4n) is 4.67. The van der Waals surface area contributed by atoms with Crippen LogP contribution >= 0.6 is 0 Å². The van der Waals surface area contributed by atoms with Crippen molar-refractivity contribution in [2.24, 2.45) is 0 Å². The van der Waals surface area contributed by atoms with Gasteiger partial charge in [0.25, 0.3) is 0 Å². The summed E-state index contributed by atoms with van der Waals surface area (Å²) < 4.78 is 7.64. The lowest BCUT2D eigenvalue weighted by molar-refractivity contribution is -0.117. The molecule has 5 nitrogen and oxygen atoms in total. The van der Waals surface area contributed by atoms with Crippen molar-refractivity contribution in [1.82, 2.24) is 9.55 Å². The van der Waals surface area contributed by atoms with Gasteiger partial charge in [0.15, 0.2) is 0 Å². The minimum atomic E-state index is 0.0334. The first-order chi connectivity index (χ1) is 16.0. The molecule has 0 aliphatic carbocycles. The van der Waals surface area contributed by atoms with Crippen molar-refractivity contribution < 1.29 is 9.53 Å². The van der Waals surface area contributed by atoms with E-state index in [-0.39, 0.29) is 11.8 Å². The maximum atomic E-state index is 13.0. The van der Waals surface area contributed by atoms with Crippen molar-refractivity contribution in [1.29, 1.82) is 0 Å². The molecule has 4 aromatic rings. The fraction of sp³-hybridized carbons (Fsp3) is 0.286. The average Bonchev–Trinajstić information content (AvgIpc) is 3.40. The fourth-order valence-corrected chi connectivity index (χ4v) is 4.67. The van der Waals surface area contributed by atoms with Crippen LogP contribution in [0.5, 0.6) is 5.75 Å². The molecule has 3 aromatic carbocycles. The number of carbonyl (C=O) groups is 1. The summed E-state index contributed by atoms with van der Waals surface area (Å²) in [5.41, 5.74) is 5.52. The average molecular weight is 440 g/mol. The van der Waals surface area contributed by atoms with Gasteiger partial charge >= 0.3 is 0 Å². The zero-order valence-electron chi connectivity index (χ0n) is 19.4. The number of nitrogens with zero attached hydrogens (tertiary/aromatic N) is 3. The zero-order chi connectivity index (χ0) is 22.9. The number of imidazole rings is 1. The third kappa shape index (κ3) is 4.11. The van der Waals surface area contributed by atoms with E-state index in [0.717, 1.165) is 34.8 Å². The molecule has 5 rings (SSSR count). The van der Waals surface area contributed by atoms with E-state index in [2.05, 4.69) is 54.8 Å². The number of carbonyl (C=O) groups excluding carboxylic acids is 1. The van der Waals surface area contributed by atoms with E-state index in [1.807, 2.05) is 41.3 Å². The molecule has 0 radical (unpaired) electrons. The Labute approximate surface area is 194 Å². The molecular weight excluding hydrogens is 410 g/mol. The molecule has 1 saturated heterocycles. The molecule has 168 valence electrons. The summed E-state index contributed by atoms with van der Waals surface area (Å²) >= 11 is 0. The van der Waals surface area contributed by atoms with Crippen LogP contribution in [0.4, 0.5) is 5.69 Å². The van der Waals surface area contributed by atoms with E-state index < -0.39 is 0 Å². The van der Waals surface area contributed by atoms with Crippen LogP contribution in [0.15, 0.2) is 72.8 Å². The van der Waals surface area contributed by atoms with E-state index in [4.69, 9.17) is 9.72 Å². The third-order valence-corrected chi connectivity index (χ3v) is 6.53. The smallest absolute Gasteiger partial charge is 0.227 e. The summed E-state index contributed by atoms with van der Waals surface area (Å²) in [6.45, 7) is 5.77. The van der Waals surface area contributed by atoms with Gasteiger partial charge in [0, 0.05) is 37.2 Å². The van der Waals surface area contributed by atoms with Crippen molar-refractivity contribution in [3.8, 4) is 5.75 Å². The Morgan fingerprint density at radius 2 is 1.82 bits per heavy atom. The highest BCUT2D eigenvalue weighted by Crippen LogP contribution is 2.34. The lowest BCUT2D eigenvalue weighted by Gasteiger charge is -2.18. The van der Waals surface area contributed by atoms with E-state index >= 15 is 0 Å². The highest BCUT2D eigenvalue weighted by Gasteiger charge is 2.35. The van der Waals surface area contributed by atoms with Gasteiger partial charge in [-0.1, -0.05) is 56.3 Å². The van der Waals surface area contributed by atoms with Gasteiger partial charge in [-0.15, -0.1) is 0 Å². The van der Waals surface area contributed by atoms with Gasteiger partial charge in [-0.3, -0.25) is 4.79 Å². The van der Waals surface area contributed by atoms with E-state index in [1.54, 1.807) is 7.11 Å². The van der Waals surface area contributed by atoms with Crippen LogP contribution in [-0.4, -0.2) is 29.1 Å². The van der Waals surface area contributed by atoms with Crippen molar-refractivity contribution in [2.75, 3.05) is 18.6 Å². The number of benzene rings is 3. The summed E-state index contributed by atoms with van der Waals surface area (Å²) in [6, 6.07) is 24.8. The maximum Gasteiger partial charge on any atom is 0.227 e. The van der Waals surface area contributed by atoms with Crippen molar-refractivity contribution in [3.05, 3.63) is 89.7 Å². The standard InChI is InChI=1S/C28H29N3O2/c1-19(2)21-13-11-20(12-14-21)17-31-26-10-5-4-9-25(26)29-28(31)22-15-27(32)30(18-22)23-7-6-8-24(16-23)33-3/h4-14,16,19,22H,15,17-18H2,1-3H3. The Bertz CT molecular complexity index is 1290. The number of aromatic nitrogens is 2. The predicted octanol–water partition coefficient (Wildman–Crippen LogP) is 5.74. The molecule has 1 aliphatic rings. The summed E-state index contributed by atoms with van der Waals surface area (Å²) in [7, 11) is 1.64. The number of fused-ring (bicyclic) bond motifs is 1. The van der Waals surface area contributed by atoms with Gasteiger partial charge in [-0.25, -0.2) is 4.98 Å². The highest BCUT2D eigenvalue weighted by atomic mass is 16.5. The summed E-state index contributed by atoms with van der Waals surface area (Å²) in [5.74, 6) is 2.39. The van der Waals surface area contributed by atoms with Crippen LogP contribution in [0.3, 0.4) is 0 Å². The number of amides is 1. The molecule has 0 saturated carbocycles. The first-order valence-corrected chi connectivity index (χ1v) is 11.5. The number of hydrogen-bond acceptors (Lipinski definition) is 3. The molecule has 1 aromatic heterocycles. The number of rotatable bonds is 6. The minimum Gasteiger partial charge on any atom is -0.497 e. The van der Waals surface area contributed by atoms with Crippen LogP contribution in [0, 0.1) is 0 Å². The quantitative estimate of drug-likeness (QED) is 0.385. The molecule has 0 N–H and O–H groups in total. The van der Waals surface area contributed by atoms with Gasteiger partial charge < -0.3 is 14.2 Å². The van der Waals surface area contributed by atoms with Crippen molar-refractivity contribution in [3.63, 3.8) is 0 Å². The molecule has 0 spiro atoms. The minimum absolute atomic E-state index is 0.0334. The van der Waals surface area contributed by atoms with E-state index in [0.29, 0.717) is 18.9 Å². The first kappa shape index (κ1) is 21.3. The Morgan fingerprint density at radius 3 is 2.58 bits per heavy atom. The lowest BCUT2D eigenvalue weighted by atomic mass is 10.0. The molecule has 0 bridgehead atoms. The molecule has 1 unspecified atom stereocenters. The molecule has 1 amide bonds. The number of anilines is 1. The van der Waals surface area contributed by atoms with Gasteiger partial charge in [0.05, 0.1) is 18.1 Å². The highest BCUT2D eigenvalue weighted by molar-refractivity contribution is 5.96. The summed E-state index contributed by atoms with van der Waals surface area (Å²) in [6.07, 6.45) is 0.451. The monoisotopic (exact) mass is 439 g/mol. The zero-order valence-corrected chi connectivity index (χ0v) is 19.4. The van der Waals surface area contributed by atoms with E-state index in [1.165, 1.54) is 11.1 Å². The van der Waals surface area contributed by atoms with Gasteiger partial charge in [-0.2, -0.15) is 0 Å². The Balaban J connectivity index is 1.48. The molecular formula is C28H29N3O2. The SMILES string of the molecule is COc1cccc(N2CC(c3nc4ccccc4n3Cc3ccc(C(C)C)cc3)CC2=O)c1. The van der Waals surface area contributed by atoms with Gasteiger partial charge in [0.2, 0.25) is 5.91 Å². The normalized spacial score (nSPS) is 16.2. The second-order valence-corrected chi connectivity index (χ2v) is 9.05. The van der Waals surface area contributed by atoms with Gasteiger partial charge in [0.1, 0.15) is 11.6 Å². The molecule has 33 heavy (non-hydrogen) atoms. The summed E-state index contributed by atoms with van der Waals surface area (Å²) in [5, 5.41) is 0. The summed E-state index contributed by atoms with van der Waals surface area (Å²) in [4.78, 5) is 19.8. The van der Waals surface area contributed by atoms with Crippen LogP contribution in [0.1, 0.15) is 49.1 Å². The number of para-hydroxylation sites is 2. The second-order valence-electron chi connectivity index (χ2n) is 9.05. The molecule has 2 heterocycles. The number of hydrogen-bond donors (Lipinski definition) is 0. The first-order valence-electron chi connectivity index (χ1n) is 11.5. The number of ether oxygens (including phenoxy) is 1. The molecule has 1 fully saturated rings. The molecule has 5 heteroatoms. The topological polar surface area (TPSA) is 47.4 Å². The molecule has 1 aliphatic heterocycles. The Hall–Kier alpha value is -3.60. The van der Waals surface area contributed by atoms with Crippen LogP contribution in [0.2, 0.25) is 0 Å². The van der Waals surface area contributed by atoms with Crippen molar-refractivity contribution in [2.45, 2.75) is 38.6 Å². The van der Waals surface area contributed by atoms with Crippen LogP contribution in [-0.2, 0) is 11.3 Å². The van der Waals surface area contributed by atoms with E-state index in [9.17, 15) is 4.79 Å².